The molecule has 0 radical (unpaired) electrons. The number of hydrogen-bond donors (Lipinski definition) is 2. The lowest BCUT2D eigenvalue weighted by atomic mass is 9.72. The Kier molecular flexibility index (Phi) is 9.18. The van der Waals surface area contributed by atoms with Gasteiger partial charge < -0.3 is 19.6 Å². The molecule has 1 saturated carbocycles. The number of phenols is 1. The molecule has 264 valence electrons. The number of nitrogens with zero attached hydrogens (tertiary/aromatic N) is 5. The standard InChI is InChI=1S/C40H43FN6O4/c1-26-5-12-37-43-31(24-45(37)22-26)21-42-30-8-6-27(7-9-30)38-39(49)35-25-46(41)14-13-36(35)47(40(38)50)32-4-2-3-28(19-32)34-11-10-33(48)20-29(34)23-44-15-17-51-18-16-44/h2-5,10-14,19-20,22,24,27,30,38,42,48H,6-9,15-18,21,23,25H2,1H3. The largest absolute Gasteiger partial charge is 0.508 e. The Bertz CT molecular complexity index is 2030. The molecule has 4 aromatic rings. The summed E-state index contributed by atoms with van der Waals surface area (Å²) in [7, 11) is 0. The number of Topliss-reactive ketones (excluding diaryl/α,β-unsaturated/α-hetero) is 1. The van der Waals surface area contributed by atoms with Crippen molar-refractivity contribution in [3.8, 4) is 16.9 Å². The van der Waals surface area contributed by atoms with E-state index in [2.05, 4.69) is 35.6 Å². The summed E-state index contributed by atoms with van der Waals surface area (Å²) in [6, 6.07) is 17.4. The lowest BCUT2D eigenvalue weighted by Crippen LogP contribution is -2.50. The summed E-state index contributed by atoms with van der Waals surface area (Å²) < 4.78 is 22.2. The van der Waals surface area contributed by atoms with Gasteiger partial charge in [-0.3, -0.25) is 19.4 Å². The van der Waals surface area contributed by atoms with Crippen LogP contribution in [0.4, 0.5) is 10.2 Å². The molecule has 2 aromatic heterocycles. The zero-order valence-electron chi connectivity index (χ0n) is 28.8. The Morgan fingerprint density at radius 2 is 1.82 bits per heavy atom. The topological polar surface area (TPSA) is 103 Å². The van der Waals surface area contributed by atoms with Crippen LogP contribution in [0.3, 0.4) is 0 Å². The Labute approximate surface area is 296 Å². The summed E-state index contributed by atoms with van der Waals surface area (Å²) in [5.74, 6) is -1.35. The van der Waals surface area contributed by atoms with Crippen molar-refractivity contribution in [3.05, 3.63) is 107 Å². The molecule has 0 bridgehead atoms. The molecule has 11 heteroatoms. The Morgan fingerprint density at radius 3 is 2.65 bits per heavy atom. The zero-order valence-corrected chi connectivity index (χ0v) is 28.8. The molecule has 1 atom stereocenters. The monoisotopic (exact) mass is 690 g/mol. The number of imidazole rings is 1. The molecule has 0 spiro atoms. The van der Waals surface area contributed by atoms with E-state index in [0.717, 1.165) is 54.0 Å². The first-order valence-corrected chi connectivity index (χ1v) is 17.9. The predicted molar refractivity (Wildman–Crippen MR) is 192 cm³/mol. The highest BCUT2D eigenvalue weighted by molar-refractivity contribution is 6.20. The first kappa shape index (κ1) is 33.3. The number of carbonyl (C=O) groups is 2. The number of carbonyl (C=O) groups excluding carboxylic acids is 2. The Hall–Kier alpha value is -4.84. The summed E-state index contributed by atoms with van der Waals surface area (Å²) in [6.07, 6.45) is 10.0. The molecule has 2 N–H and O–H groups in total. The number of allylic oxidation sites excluding steroid dienone is 1. The van der Waals surface area contributed by atoms with Crippen molar-refractivity contribution in [2.24, 2.45) is 11.8 Å². The second-order valence-electron chi connectivity index (χ2n) is 14.2. The van der Waals surface area contributed by atoms with E-state index in [1.807, 2.05) is 40.8 Å². The van der Waals surface area contributed by atoms with Crippen LogP contribution < -0.4 is 10.2 Å². The van der Waals surface area contributed by atoms with Gasteiger partial charge in [0.15, 0.2) is 5.78 Å². The number of amides is 1. The maximum atomic E-state index is 14.7. The average molecular weight is 691 g/mol. The summed E-state index contributed by atoms with van der Waals surface area (Å²) in [6.45, 7) is 6.11. The van der Waals surface area contributed by atoms with Crippen molar-refractivity contribution in [2.45, 2.75) is 51.7 Å². The molecular weight excluding hydrogens is 647 g/mol. The SMILES string of the molecule is Cc1ccc2nc(CNC3CCC(C4C(=O)C5=C(C=CN(F)C5)N(c5cccc(-c6ccc(O)cc6CN6CCOCC6)c5)C4=O)CC3)cn2c1. The van der Waals surface area contributed by atoms with Crippen LogP contribution in [0.15, 0.2) is 90.5 Å². The lowest BCUT2D eigenvalue weighted by Gasteiger charge is -2.41. The summed E-state index contributed by atoms with van der Waals surface area (Å²) >= 11 is 0. The quantitative estimate of drug-likeness (QED) is 0.180. The third-order valence-corrected chi connectivity index (χ3v) is 10.8. The van der Waals surface area contributed by atoms with E-state index in [9.17, 15) is 19.2 Å². The number of benzene rings is 2. The molecule has 4 aliphatic rings. The van der Waals surface area contributed by atoms with E-state index in [-0.39, 0.29) is 35.9 Å². The van der Waals surface area contributed by atoms with Crippen molar-refractivity contribution in [2.75, 3.05) is 37.7 Å². The van der Waals surface area contributed by atoms with E-state index >= 15 is 0 Å². The molecule has 2 aromatic carbocycles. The maximum Gasteiger partial charge on any atom is 0.242 e. The third kappa shape index (κ3) is 6.81. The van der Waals surface area contributed by atoms with E-state index < -0.39 is 5.92 Å². The molecule has 1 aliphatic carbocycles. The number of aromatic nitrogens is 2. The number of anilines is 1. The van der Waals surface area contributed by atoms with Gasteiger partial charge in [0.1, 0.15) is 17.3 Å². The van der Waals surface area contributed by atoms with E-state index in [1.54, 1.807) is 17.0 Å². The smallest absolute Gasteiger partial charge is 0.242 e. The van der Waals surface area contributed by atoms with Gasteiger partial charge in [0.2, 0.25) is 5.91 Å². The second-order valence-corrected chi connectivity index (χ2v) is 14.2. The first-order valence-electron chi connectivity index (χ1n) is 17.9. The van der Waals surface area contributed by atoms with E-state index in [4.69, 9.17) is 9.72 Å². The number of fused-ring (bicyclic) bond motifs is 1. The number of aromatic hydroxyl groups is 1. The fourth-order valence-corrected chi connectivity index (χ4v) is 8.14. The Balaban J connectivity index is 1.02. The van der Waals surface area contributed by atoms with Crippen molar-refractivity contribution >= 4 is 23.0 Å². The number of ether oxygens (including phenoxy) is 1. The van der Waals surface area contributed by atoms with Crippen LogP contribution in [-0.4, -0.2) is 75.1 Å². The highest BCUT2D eigenvalue weighted by Gasteiger charge is 2.47. The van der Waals surface area contributed by atoms with Gasteiger partial charge in [0.05, 0.1) is 31.1 Å². The number of rotatable bonds is 8. The number of hydrogen-bond acceptors (Lipinski definition) is 8. The minimum Gasteiger partial charge on any atom is -0.508 e. The van der Waals surface area contributed by atoms with Gasteiger partial charge >= 0.3 is 0 Å². The van der Waals surface area contributed by atoms with E-state index in [0.29, 0.717) is 61.2 Å². The molecule has 5 heterocycles. The molecule has 3 aliphatic heterocycles. The predicted octanol–water partition coefficient (Wildman–Crippen LogP) is 5.70. The molecule has 1 saturated heterocycles. The molecule has 10 nitrogen and oxygen atoms in total. The van der Waals surface area contributed by atoms with Crippen LogP contribution in [-0.2, 0) is 27.4 Å². The summed E-state index contributed by atoms with van der Waals surface area (Å²) in [5, 5.41) is 14.5. The van der Waals surface area contributed by atoms with Gasteiger partial charge in [-0.15, -0.1) is 4.48 Å². The normalized spacial score (nSPS) is 23.0. The number of phenolic OH excluding ortho intramolecular Hbond substituents is 1. The highest BCUT2D eigenvalue weighted by Crippen LogP contribution is 2.41. The fraction of sp³-hybridized carbons (Fsp3) is 0.375. The number of morpholine rings is 1. The zero-order chi connectivity index (χ0) is 35.1. The molecule has 51 heavy (non-hydrogen) atoms. The second kappa shape index (κ2) is 14.1. The number of nitrogens with one attached hydrogen (secondary N) is 1. The van der Waals surface area contributed by atoms with Crippen molar-refractivity contribution in [1.82, 2.24) is 24.7 Å². The number of ketones is 1. The molecule has 8 rings (SSSR count). The Morgan fingerprint density at radius 1 is 1.00 bits per heavy atom. The number of pyridine rings is 1. The fourth-order valence-electron chi connectivity index (χ4n) is 8.14. The number of aryl methyl sites for hydroxylation is 1. The van der Waals surface area contributed by atoms with Crippen LogP contribution in [0.2, 0.25) is 0 Å². The van der Waals surface area contributed by atoms with Crippen molar-refractivity contribution < 1.29 is 23.9 Å². The van der Waals surface area contributed by atoms with Gasteiger partial charge in [-0.2, -0.15) is 0 Å². The molecule has 1 amide bonds. The van der Waals surface area contributed by atoms with Crippen molar-refractivity contribution in [1.29, 1.82) is 0 Å². The highest BCUT2D eigenvalue weighted by atomic mass is 19.2. The molecular formula is C40H43FN6O4. The van der Waals surface area contributed by atoms with Gasteiger partial charge in [0, 0.05) is 62.1 Å². The lowest BCUT2D eigenvalue weighted by molar-refractivity contribution is -0.134. The molecule has 1 unspecified atom stereocenters. The first-order chi connectivity index (χ1) is 24.8. The summed E-state index contributed by atoms with van der Waals surface area (Å²) in [4.78, 5) is 37.3. The maximum absolute atomic E-state index is 14.7. The van der Waals surface area contributed by atoms with Crippen LogP contribution in [0.1, 0.15) is 42.5 Å². The van der Waals surface area contributed by atoms with Crippen LogP contribution >= 0.6 is 0 Å². The minimum atomic E-state index is -0.875. The summed E-state index contributed by atoms with van der Waals surface area (Å²) in [5.41, 5.74) is 7.26. The van der Waals surface area contributed by atoms with Gasteiger partial charge in [-0.1, -0.05) is 24.3 Å². The van der Waals surface area contributed by atoms with Crippen molar-refractivity contribution in [3.63, 3.8) is 0 Å². The minimum absolute atomic E-state index is 0.142. The van der Waals surface area contributed by atoms with Gasteiger partial charge in [0.25, 0.3) is 0 Å². The van der Waals surface area contributed by atoms with Crippen LogP contribution in [0, 0.1) is 18.8 Å². The van der Waals surface area contributed by atoms with E-state index in [1.165, 1.54) is 17.8 Å². The van der Waals surface area contributed by atoms with Gasteiger partial charge in [-0.25, -0.2) is 10.1 Å². The third-order valence-electron chi connectivity index (χ3n) is 10.8. The van der Waals surface area contributed by atoms with Gasteiger partial charge in [-0.05, 0) is 97.2 Å². The van der Waals surface area contributed by atoms with Crippen LogP contribution in [0.25, 0.3) is 16.8 Å². The molecule has 2 fully saturated rings. The van der Waals surface area contributed by atoms with Crippen LogP contribution in [0.5, 0.6) is 5.75 Å². The number of halogens is 1. The average Bonchev–Trinajstić information content (AvgIpc) is 3.54.